The lowest BCUT2D eigenvalue weighted by molar-refractivity contribution is -0.307. The molecule has 2 aliphatic heterocycles. The van der Waals surface area contributed by atoms with Gasteiger partial charge in [-0.3, -0.25) is 0 Å². The highest BCUT2D eigenvalue weighted by atomic mass is 35.5. The monoisotopic (exact) mass is 740 g/mol. The van der Waals surface area contributed by atoms with E-state index >= 15 is 0 Å². The first-order valence-electron chi connectivity index (χ1n) is 17.5. The first-order chi connectivity index (χ1) is 25.4. The predicted octanol–water partition coefficient (Wildman–Crippen LogP) is 8.89. The molecule has 0 unspecified atom stereocenters. The Bertz CT molecular complexity index is 1920. The molecular formula is C43H42ClFO6S. The average molecular weight is 741 g/mol. The van der Waals surface area contributed by atoms with E-state index in [9.17, 15) is 9.50 Å². The summed E-state index contributed by atoms with van der Waals surface area (Å²) in [6, 6.07) is 40.7. The van der Waals surface area contributed by atoms with Gasteiger partial charge >= 0.3 is 0 Å². The van der Waals surface area contributed by atoms with Crippen molar-refractivity contribution in [1.29, 1.82) is 0 Å². The van der Waals surface area contributed by atoms with Crippen LogP contribution in [0.5, 0.6) is 5.75 Å². The van der Waals surface area contributed by atoms with Crippen molar-refractivity contribution in [1.82, 2.24) is 0 Å². The number of hydrogen-bond donors (Lipinski definition) is 1. The molecule has 7 rings (SSSR count). The van der Waals surface area contributed by atoms with Gasteiger partial charge in [0, 0.05) is 10.8 Å². The zero-order valence-electron chi connectivity index (χ0n) is 29.0. The van der Waals surface area contributed by atoms with Crippen LogP contribution in [0.3, 0.4) is 0 Å². The van der Waals surface area contributed by atoms with E-state index in [1.807, 2.05) is 122 Å². The number of aliphatic hydroxyl groups is 1. The van der Waals surface area contributed by atoms with Crippen molar-refractivity contribution in [2.45, 2.75) is 62.0 Å². The van der Waals surface area contributed by atoms with Gasteiger partial charge in [-0.1, -0.05) is 121 Å². The minimum atomic E-state index is -1.11. The summed E-state index contributed by atoms with van der Waals surface area (Å²) in [4.78, 5) is -1.10. The first-order valence-corrected chi connectivity index (χ1v) is 18.9. The van der Waals surface area contributed by atoms with Crippen molar-refractivity contribution in [3.05, 3.63) is 172 Å². The predicted molar refractivity (Wildman–Crippen MR) is 202 cm³/mol. The standard InChI is InChI=1S/C43H42ClFO6S/c1-2-47-38-21-18-33(23-37(38)45)22-34-24-35(19-20-36(34)44)43-41(50-27-32-16-10-5-11-17-32)39(48-25-30-12-6-3-7-13-30)40(42(28-46,51-43)29-52-43)49-26-31-14-8-4-9-15-31/h3-21,23-24,39-41,46H,2,22,25-29H2,1H3/t39-,40-,41+,42-,43+/m0/s1. The normalized spacial score (nSPS) is 23.8. The van der Waals surface area contributed by atoms with Crippen molar-refractivity contribution in [2.24, 2.45) is 0 Å². The molecule has 52 heavy (non-hydrogen) atoms. The van der Waals surface area contributed by atoms with E-state index < -0.39 is 34.7 Å². The van der Waals surface area contributed by atoms with E-state index in [2.05, 4.69) is 0 Å². The van der Waals surface area contributed by atoms with Crippen LogP contribution in [0.2, 0.25) is 5.02 Å². The van der Waals surface area contributed by atoms with Gasteiger partial charge in [-0.15, -0.1) is 11.8 Å². The molecule has 2 fully saturated rings. The fourth-order valence-corrected chi connectivity index (χ4v) is 8.85. The second-order valence-corrected chi connectivity index (χ2v) is 14.7. The minimum Gasteiger partial charge on any atom is -0.491 e. The van der Waals surface area contributed by atoms with E-state index in [0.29, 0.717) is 43.6 Å². The van der Waals surface area contributed by atoms with Gasteiger partial charge in [-0.25, -0.2) is 4.39 Å². The number of halogens is 2. The SMILES string of the molecule is CCOc1ccc(Cc2cc([C@@]34O[C@@](CO)(CS3)[C@@H](OCc3ccccc3)[C@H](OCc3ccccc3)[C@H]4OCc3ccccc3)ccc2Cl)cc1F. The highest BCUT2D eigenvalue weighted by molar-refractivity contribution is 8.00. The Morgan fingerprint density at radius 1 is 0.750 bits per heavy atom. The summed E-state index contributed by atoms with van der Waals surface area (Å²) in [5.74, 6) is 0.225. The Morgan fingerprint density at radius 2 is 1.35 bits per heavy atom. The molecule has 0 radical (unpaired) electrons. The summed E-state index contributed by atoms with van der Waals surface area (Å²) < 4.78 is 48.0. The summed E-state index contributed by atoms with van der Waals surface area (Å²) in [7, 11) is 0. The fourth-order valence-electron chi connectivity index (χ4n) is 7.01. The van der Waals surface area contributed by atoms with Crippen LogP contribution in [0.4, 0.5) is 4.39 Å². The van der Waals surface area contributed by atoms with E-state index in [-0.39, 0.29) is 12.4 Å². The molecule has 6 nitrogen and oxygen atoms in total. The number of hydrogen-bond acceptors (Lipinski definition) is 7. The molecule has 5 aromatic carbocycles. The molecule has 2 aliphatic rings. The molecule has 5 aromatic rings. The Hall–Kier alpha value is -3.73. The molecule has 5 atom stereocenters. The summed E-state index contributed by atoms with van der Waals surface area (Å²) in [6.07, 6.45) is -1.62. The Kier molecular flexibility index (Phi) is 11.6. The third kappa shape index (κ3) is 7.80. The van der Waals surface area contributed by atoms with Gasteiger partial charge in [-0.2, -0.15) is 0 Å². The maximum Gasteiger partial charge on any atom is 0.169 e. The van der Waals surface area contributed by atoms with Crippen molar-refractivity contribution < 1.29 is 33.2 Å². The van der Waals surface area contributed by atoms with Crippen LogP contribution < -0.4 is 4.74 Å². The molecule has 9 heteroatoms. The number of rotatable bonds is 15. The van der Waals surface area contributed by atoms with Crippen LogP contribution >= 0.6 is 23.4 Å². The Morgan fingerprint density at radius 3 is 1.92 bits per heavy atom. The smallest absolute Gasteiger partial charge is 0.169 e. The molecule has 0 aromatic heterocycles. The second kappa shape index (κ2) is 16.5. The van der Waals surface area contributed by atoms with Crippen molar-refractivity contribution in [2.75, 3.05) is 19.0 Å². The third-order valence-electron chi connectivity index (χ3n) is 9.61. The highest BCUT2D eigenvalue weighted by Crippen LogP contribution is 2.59. The van der Waals surface area contributed by atoms with Crippen LogP contribution in [0.1, 0.15) is 40.3 Å². The number of fused-ring (bicyclic) bond motifs is 2. The van der Waals surface area contributed by atoms with E-state index in [0.717, 1.165) is 33.4 Å². The first kappa shape index (κ1) is 36.6. The lowest BCUT2D eigenvalue weighted by atomic mass is 9.83. The van der Waals surface area contributed by atoms with Crippen molar-refractivity contribution in [3.63, 3.8) is 0 Å². The number of benzene rings is 5. The van der Waals surface area contributed by atoms with Crippen LogP contribution in [0.15, 0.2) is 127 Å². The van der Waals surface area contributed by atoms with Gasteiger partial charge in [0.2, 0.25) is 0 Å². The lowest BCUT2D eigenvalue weighted by Gasteiger charge is -2.51. The minimum absolute atomic E-state index is 0.215. The highest BCUT2D eigenvalue weighted by Gasteiger charge is 2.68. The number of aliphatic hydroxyl groups excluding tert-OH is 1. The summed E-state index contributed by atoms with van der Waals surface area (Å²) in [5, 5.41) is 11.7. The molecule has 0 saturated carbocycles. The van der Waals surface area contributed by atoms with Gasteiger partial charge in [0.1, 0.15) is 23.9 Å². The molecule has 2 heterocycles. The summed E-state index contributed by atoms with van der Waals surface area (Å²) in [5.41, 5.74) is 4.25. The zero-order chi connectivity index (χ0) is 36.0. The van der Waals surface area contributed by atoms with E-state index in [4.69, 9.17) is 35.3 Å². The number of thioether (sulfide) groups is 1. The molecule has 0 amide bonds. The molecule has 0 spiro atoms. The average Bonchev–Trinajstić information content (AvgIpc) is 3.54. The number of ether oxygens (including phenoxy) is 5. The molecule has 2 saturated heterocycles. The van der Waals surface area contributed by atoms with Crippen molar-refractivity contribution in [3.8, 4) is 5.75 Å². The Balaban J connectivity index is 1.29. The van der Waals surface area contributed by atoms with E-state index in [1.54, 1.807) is 17.8 Å². The quantitative estimate of drug-likeness (QED) is 0.115. The molecule has 270 valence electrons. The maximum absolute atomic E-state index is 14.9. The Labute approximate surface area is 313 Å². The molecule has 1 N–H and O–H groups in total. The van der Waals surface area contributed by atoms with Crippen LogP contribution in [-0.2, 0) is 50.1 Å². The lowest BCUT2D eigenvalue weighted by Crippen LogP contribution is -2.67. The van der Waals surface area contributed by atoms with Crippen LogP contribution in [0.25, 0.3) is 0 Å². The zero-order valence-corrected chi connectivity index (χ0v) is 30.5. The van der Waals surface area contributed by atoms with Gasteiger partial charge in [0.15, 0.2) is 16.5 Å². The molecule has 0 aliphatic carbocycles. The molecular weight excluding hydrogens is 699 g/mol. The van der Waals surface area contributed by atoms with Crippen molar-refractivity contribution >= 4 is 23.4 Å². The third-order valence-corrected chi connectivity index (χ3v) is 11.6. The van der Waals surface area contributed by atoms with Crippen LogP contribution in [-0.4, -0.2) is 48.0 Å². The molecule has 2 bridgehead atoms. The van der Waals surface area contributed by atoms with Gasteiger partial charge < -0.3 is 28.8 Å². The van der Waals surface area contributed by atoms with E-state index in [1.165, 1.54) is 6.07 Å². The maximum atomic E-state index is 14.9. The topological polar surface area (TPSA) is 66.4 Å². The van der Waals surface area contributed by atoms with Gasteiger partial charge in [0.25, 0.3) is 0 Å². The fraction of sp³-hybridized carbons (Fsp3) is 0.302. The van der Waals surface area contributed by atoms with Crippen LogP contribution in [0, 0.1) is 5.82 Å². The summed E-state index contributed by atoms with van der Waals surface area (Å²) >= 11 is 8.40. The largest absolute Gasteiger partial charge is 0.491 e. The van der Waals surface area contributed by atoms with Gasteiger partial charge in [-0.05, 0) is 64.9 Å². The second-order valence-electron chi connectivity index (χ2n) is 13.2. The van der Waals surface area contributed by atoms with Gasteiger partial charge in [0.05, 0.1) is 33.0 Å². The summed E-state index contributed by atoms with van der Waals surface area (Å²) in [6.45, 7) is 2.81.